The van der Waals surface area contributed by atoms with E-state index in [9.17, 15) is 9.18 Å². The zero-order chi connectivity index (χ0) is 10.0. The molecule has 0 bridgehead atoms. The average Bonchev–Trinajstić information content (AvgIpc) is 2.07. The summed E-state index contributed by atoms with van der Waals surface area (Å²) in [6, 6.07) is 2.83. The molecule has 0 radical (unpaired) electrons. The van der Waals surface area contributed by atoms with Gasteiger partial charge in [0.05, 0.1) is 11.3 Å². The Morgan fingerprint density at radius 1 is 1.54 bits per heavy atom. The summed E-state index contributed by atoms with van der Waals surface area (Å²) in [5.41, 5.74) is 0.587. The molecule has 0 aliphatic rings. The van der Waals surface area contributed by atoms with Gasteiger partial charge >= 0.3 is 0 Å². The van der Waals surface area contributed by atoms with Crippen LogP contribution in [0.1, 0.15) is 17.3 Å². The number of carbonyl (C=O) groups excluding carboxylic acids is 1. The van der Waals surface area contributed by atoms with Crippen LogP contribution in [0, 0.1) is 5.82 Å². The number of rotatable bonds is 2. The van der Waals surface area contributed by atoms with Gasteiger partial charge in [-0.2, -0.15) is 0 Å². The summed E-state index contributed by atoms with van der Waals surface area (Å²) in [7, 11) is 1.64. The molecule has 0 spiro atoms. The van der Waals surface area contributed by atoms with Crippen molar-refractivity contribution in [3.05, 3.63) is 28.0 Å². The molecule has 1 N–H and O–H groups in total. The minimum atomic E-state index is -0.500. The fourth-order valence-electron chi connectivity index (χ4n) is 1.14. The molecule has 1 rings (SSSR count). The Balaban J connectivity index is 3.43. The predicted octanol–water partition coefficient (Wildman–Crippen LogP) is 2.83. The number of benzene rings is 1. The normalized spacial score (nSPS) is 9.85. The first kappa shape index (κ1) is 10.2. The van der Waals surface area contributed by atoms with Gasteiger partial charge in [-0.1, -0.05) is 0 Å². The van der Waals surface area contributed by atoms with Crippen LogP contribution in [-0.4, -0.2) is 12.8 Å². The number of nitrogens with one attached hydrogen (secondary N) is 1. The van der Waals surface area contributed by atoms with Crippen LogP contribution in [0.15, 0.2) is 16.6 Å². The Bertz CT molecular complexity index is 352. The topological polar surface area (TPSA) is 29.1 Å². The van der Waals surface area contributed by atoms with Gasteiger partial charge in [0, 0.05) is 11.5 Å². The van der Waals surface area contributed by atoms with Crippen molar-refractivity contribution in [2.24, 2.45) is 0 Å². The first-order valence-electron chi connectivity index (χ1n) is 3.74. The lowest BCUT2D eigenvalue weighted by molar-refractivity contribution is 0.101. The van der Waals surface area contributed by atoms with E-state index in [-0.39, 0.29) is 11.3 Å². The Kier molecular flexibility index (Phi) is 3.03. The van der Waals surface area contributed by atoms with Crippen molar-refractivity contribution in [2.45, 2.75) is 6.92 Å². The van der Waals surface area contributed by atoms with Gasteiger partial charge in [-0.3, -0.25) is 4.79 Å². The van der Waals surface area contributed by atoms with E-state index in [0.29, 0.717) is 10.2 Å². The first-order valence-corrected chi connectivity index (χ1v) is 4.54. The van der Waals surface area contributed by atoms with Gasteiger partial charge in [-0.25, -0.2) is 4.39 Å². The number of carbonyl (C=O) groups is 1. The Hall–Kier alpha value is -0.900. The van der Waals surface area contributed by atoms with E-state index in [1.54, 1.807) is 13.1 Å². The van der Waals surface area contributed by atoms with Crippen LogP contribution in [0.3, 0.4) is 0 Å². The molecule has 2 nitrogen and oxygen atoms in total. The Labute approximate surface area is 84.3 Å². The van der Waals surface area contributed by atoms with Crippen LogP contribution >= 0.6 is 15.9 Å². The highest BCUT2D eigenvalue weighted by atomic mass is 79.9. The number of hydrogen-bond acceptors (Lipinski definition) is 2. The minimum absolute atomic E-state index is 0.0943. The number of Topliss-reactive ketones (excluding diaryl/α,β-unsaturated/α-hetero) is 1. The minimum Gasteiger partial charge on any atom is -0.387 e. The fraction of sp³-hybridized carbons (Fsp3) is 0.222. The molecule has 4 heteroatoms. The number of ketones is 1. The van der Waals surface area contributed by atoms with Crippen LogP contribution in [0.25, 0.3) is 0 Å². The molecule has 70 valence electrons. The van der Waals surface area contributed by atoms with Crippen LogP contribution in [0.4, 0.5) is 10.1 Å². The summed E-state index contributed by atoms with van der Waals surface area (Å²) in [4.78, 5) is 11.1. The molecule has 0 atom stereocenters. The highest BCUT2D eigenvalue weighted by Crippen LogP contribution is 2.28. The lowest BCUT2D eigenvalue weighted by Gasteiger charge is -2.09. The summed E-state index contributed by atoms with van der Waals surface area (Å²) in [6.45, 7) is 1.34. The monoisotopic (exact) mass is 245 g/mol. The summed E-state index contributed by atoms with van der Waals surface area (Å²) in [5.74, 6) is -0.789. The van der Waals surface area contributed by atoms with Crippen LogP contribution in [-0.2, 0) is 0 Å². The maximum Gasteiger partial charge on any atom is 0.164 e. The third-order valence-electron chi connectivity index (χ3n) is 1.71. The van der Waals surface area contributed by atoms with Crippen molar-refractivity contribution in [1.82, 2.24) is 0 Å². The lowest BCUT2D eigenvalue weighted by Crippen LogP contribution is -2.04. The van der Waals surface area contributed by atoms with E-state index in [2.05, 4.69) is 21.2 Å². The molecule has 0 unspecified atom stereocenters. The van der Waals surface area contributed by atoms with Gasteiger partial charge in [-0.15, -0.1) is 0 Å². The second-order valence-electron chi connectivity index (χ2n) is 2.59. The zero-order valence-corrected chi connectivity index (χ0v) is 8.90. The molecule has 13 heavy (non-hydrogen) atoms. The molecule has 0 aliphatic heterocycles. The Morgan fingerprint density at radius 2 is 2.15 bits per heavy atom. The van der Waals surface area contributed by atoms with Crippen LogP contribution in [0.2, 0.25) is 0 Å². The van der Waals surface area contributed by atoms with E-state index in [1.807, 2.05) is 0 Å². The lowest BCUT2D eigenvalue weighted by atomic mass is 10.1. The molecule has 0 saturated heterocycles. The largest absolute Gasteiger partial charge is 0.387 e. The smallest absolute Gasteiger partial charge is 0.164 e. The van der Waals surface area contributed by atoms with E-state index in [4.69, 9.17) is 0 Å². The SMILES string of the molecule is CNc1c(Br)ccc(F)c1C(C)=O. The fourth-order valence-corrected chi connectivity index (χ4v) is 1.67. The molecule has 0 fully saturated rings. The molecular formula is C9H9BrFNO. The second-order valence-corrected chi connectivity index (χ2v) is 3.44. The van der Waals surface area contributed by atoms with Gasteiger partial charge in [0.15, 0.2) is 5.78 Å². The molecule has 0 saturated carbocycles. The van der Waals surface area contributed by atoms with E-state index in [1.165, 1.54) is 13.0 Å². The standard InChI is InChI=1S/C9H9BrFNO/c1-5(13)8-7(11)4-3-6(10)9(8)12-2/h3-4,12H,1-2H3. The first-order chi connectivity index (χ1) is 6.07. The van der Waals surface area contributed by atoms with Crippen molar-refractivity contribution in [3.63, 3.8) is 0 Å². The highest BCUT2D eigenvalue weighted by molar-refractivity contribution is 9.10. The summed E-state index contributed by atoms with van der Waals surface area (Å²) >= 11 is 3.23. The molecule has 0 heterocycles. The maximum absolute atomic E-state index is 13.2. The van der Waals surface area contributed by atoms with E-state index >= 15 is 0 Å². The third kappa shape index (κ3) is 1.88. The van der Waals surface area contributed by atoms with Crippen LogP contribution < -0.4 is 5.32 Å². The van der Waals surface area contributed by atoms with Crippen LogP contribution in [0.5, 0.6) is 0 Å². The van der Waals surface area contributed by atoms with Crippen molar-refractivity contribution < 1.29 is 9.18 Å². The van der Waals surface area contributed by atoms with Gasteiger partial charge < -0.3 is 5.32 Å². The Morgan fingerprint density at radius 3 is 2.54 bits per heavy atom. The molecule has 1 aromatic carbocycles. The average molecular weight is 246 g/mol. The summed E-state index contributed by atoms with van der Waals surface area (Å²) in [5, 5.41) is 2.78. The van der Waals surface area contributed by atoms with Crippen molar-refractivity contribution in [1.29, 1.82) is 0 Å². The van der Waals surface area contributed by atoms with Gasteiger partial charge in [0.25, 0.3) is 0 Å². The molecular weight excluding hydrogens is 237 g/mol. The maximum atomic E-state index is 13.2. The molecule has 0 aliphatic carbocycles. The van der Waals surface area contributed by atoms with E-state index < -0.39 is 5.82 Å². The zero-order valence-electron chi connectivity index (χ0n) is 7.32. The number of halogens is 2. The van der Waals surface area contributed by atoms with Gasteiger partial charge in [-0.05, 0) is 35.0 Å². The van der Waals surface area contributed by atoms with Gasteiger partial charge in [0.1, 0.15) is 5.82 Å². The summed E-state index contributed by atoms with van der Waals surface area (Å²) in [6.07, 6.45) is 0. The van der Waals surface area contributed by atoms with Crippen molar-refractivity contribution in [2.75, 3.05) is 12.4 Å². The summed E-state index contributed by atoms with van der Waals surface area (Å²) < 4.78 is 13.9. The number of hydrogen-bond donors (Lipinski definition) is 1. The second kappa shape index (κ2) is 3.87. The molecule has 0 aromatic heterocycles. The van der Waals surface area contributed by atoms with Crippen molar-refractivity contribution >= 4 is 27.4 Å². The van der Waals surface area contributed by atoms with E-state index in [0.717, 1.165) is 0 Å². The molecule has 0 amide bonds. The van der Waals surface area contributed by atoms with Gasteiger partial charge in [0.2, 0.25) is 0 Å². The highest BCUT2D eigenvalue weighted by Gasteiger charge is 2.14. The predicted molar refractivity (Wildman–Crippen MR) is 53.7 cm³/mol. The molecule has 1 aromatic rings. The third-order valence-corrected chi connectivity index (χ3v) is 2.37. The quantitative estimate of drug-likeness (QED) is 0.813. The van der Waals surface area contributed by atoms with Crippen molar-refractivity contribution in [3.8, 4) is 0 Å². The number of anilines is 1.